The Balaban J connectivity index is -0.0000000732. The molecular formula is C32H71KN4O5. The van der Waals surface area contributed by atoms with Gasteiger partial charge in [-0.25, -0.2) is 0 Å². The summed E-state index contributed by atoms with van der Waals surface area (Å²) >= 11 is 0. The molecule has 0 heterocycles. The average molecular weight is 631 g/mol. The molecule has 0 bridgehead atoms. The molecular weight excluding hydrogens is 559 g/mol. The summed E-state index contributed by atoms with van der Waals surface area (Å²) < 4.78 is 0. The van der Waals surface area contributed by atoms with Crippen LogP contribution in [-0.2, 0) is 19.2 Å². The first kappa shape index (κ1) is 57.6. The summed E-state index contributed by atoms with van der Waals surface area (Å²) in [7, 11) is 6.40. The van der Waals surface area contributed by atoms with Crippen molar-refractivity contribution in [1.82, 2.24) is 5.32 Å². The molecule has 0 aromatic rings. The Labute approximate surface area is 303 Å². The first-order chi connectivity index (χ1) is 19.5. The number of nitrogens with two attached hydrogens (primary N) is 2. The Kier molecular flexibility index (Phi) is 73.4. The zero-order chi connectivity index (χ0) is 33.5. The summed E-state index contributed by atoms with van der Waals surface area (Å²) in [6.07, 6.45) is 15.0. The summed E-state index contributed by atoms with van der Waals surface area (Å²) in [6, 6.07) is -0.194. The third-order valence-electron chi connectivity index (χ3n) is 5.66. The second-order valence-corrected chi connectivity index (χ2v) is 10.5. The monoisotopic (exact) mass is 631 g/mol. The molecule has 0 aromatic carbocycles. The molecule has 2 unspecified atom stereocenters. The third kappa shape index (κ3) is 59.4. The van der Waals surface area contributed by atoms with Crippen molar-refractivity contribution >= 4 is 24.8 Å². The minimum atomic E-state index is -0.278. The van der Waals surface area contributed by atoms with Gasteiger partial charge in [-0.3, -0.25) is 14.4 Å². The molecule has 0 saturated heterocycles. The summed E-state index contributed by atoms with van der Waals surface area (Å²) in [5, 5.41) is 13.5. The van der Waals surface area contributed by atoms with E-state index in [9.17, 15) is 14.4 Å². The number of primary amides is 1. The Morgan fingerprint density at radius 3 is 1.57 bits per heavy atom. The Bertz CT molecular complexity index is 503. The molecule has 2 aliphatic carbocycles. The molecule has 0 aliphatic heterocycles. The zero-order valence-electron chi connectivity index (χ0n) is 29.8. The van der Waals surface area contributed by atoms with Gasteiger partial charge in [0.05, 0.1) is 6.04 Å². The molecule has 42 heavy (non-hydrogen) atoms. The second kappa shape index (κ2) is 53.5. The van der Waals surface area contributed by atoms with Crippen LogP contribution in [0.2, 0.25) is 0 Å². The number of aliphatic hydroxyl groups excluding tert-OH is 1. The van der Waals surface area contributed by atoms with Crippen LogP contribution >= 0.6 is 0 Å². The van der Waals surface area contributed by atoms with Gasteiger partial charge >= 0.3 is 51.4 Å². The van der Waals surface area contributed by atoms with Crippen LogP contribution in [0.4, 0.5) is 0 Å². The maximum atomic E-state index is 10.8. The first-order valence-corrected chi connectivity index (χ1v) is 15.4. The standard InChI is InChI=1S/C9H17NO2.C8H15NO.C5H10.C4H10.C2H6N.C2H6.CH3NO.CH4O.K/c1-8(9(12)7-11)5-3-4-6-10-2;9-8(6-10)7-4-2-1-3-5-7;1-5-3-2-4-5;1-4(2)3;1-3-2;1-2;2-1-3;1-2;/h7-8,10H,3-6H2,1-2H3;6-8H,1-5,9H2;5H,2-4H2,1H3;4H,1-3H3;1-2H3;1-2H3;1H,(H2,2,3);2H,1H3;/q;;;;-1;;;;+1. The molecule has 250 valence electrons. The number of hydrogen-bond acceptors (Lipinski definition) is 7. The van der Waals surface area contributed by atoms with Gasteiger partial charge in [-0.05, 0) is 57.0 Å². The molecule has 0 spiro atoms. The zero-order valence-corrected chi connectivity index (χ0v) is 32.9. The van der Waals surface area contributed by atoms with Crippen molar-refractivity contribution < 1.29 is 75.7 Å². The van der Waals surface area contributed by atoms with Crippen molar-refractivity contribution in [2.45, 2.75) is 125 Å². The van der Waals surface area contributed by atoms with Crippen molar-refractivity contribution in [1.29, 1.82) is 0 Å². The van der Waals surface area contributed by atoms with Gasteiger partial charge in [0.2, 0.25) is 6.41 Å². The van der Waals surface area contributed by atoms with Gasteiger partial charge in [-0.2, -0.15) is 14.1 Å². The summed E-state index contributed by atoms with van der Waals surface area (Å²) in [6.45, 7) is 15.6. The average Bonchev–Trinajstić information content (AvgIpc) is 2.97. The molecule has 2 aliphatic rings. The molecule has 2 saturated carbocycles. The number of hydrogen-bond donors (Lipinski definition) is 4. The SMILES string of the molecule is CC.CC(C)C.CC1CCC1.CNCCCCC(C)C(=O)C=O.CO.C[N-]C.NC(C=O)C1CCCCC1.NC=O.[K+]. The van der Waals surface area contributed by atoms with E-state index >= 15 is 0 Å². The van der Waals surface area contributed by atoms with Crippen molar-refractivity contribution in [2.75, 3.05) is 34.8 Å². The van der Waals surface area contributed by atoms with E-state index in [0.717, 1.165) is 63.9 Å². The molecule has 1 amide bonds. The Morgan fingerprint density at radius 1 is 0.929 bits per heavy atom. The van der Waals surface area contributed by atoms with Crippen LogP contribution in [0.25, 0.3) is 5.32 Å². The second-order valence-electron chi connectivity index (χ2n) is 10.5. The van der Waals surface area contributed by atoms with E-state index in [4.69, 9.17) is 15.6 Å². The summed E-state index contributed by atoms with van der Waals surface area (Å²) in [4.78, 5) is 39.7. The van der Waals surface area contributed by atoms with Crippen molar-refractivity contribution in [3.63, 3.8) is 0 Å². The third-order valence-corrected chi connectivity index (χ3v) is 5.66. The normalized spacial score (nSPS) is 14.2. The van der Waals surface area contributed by atoms with Gasteiger partial charge in [0.25, 0.3) is 0 Å². The topological polar surface area (TPSA) is 167 Å². The fourth-order valence-corrected chi connectivity index (χ4v) is 3.25. The maximum absolute atomic E-state index is 10.8. The van der Waals surface area contributed by atoms with Gasteiger partial charge in [0, 0.05) is 13.0 Å². The van der Waals surface area contributed by atoms with Crippen LogP contribution in [0.15, 0.2) is 0 Å². The smallest absolute Gasteiger partial charge is 0.668 e. The number of rotatable bonds is 9. The minimum absolute atomic E-state index is 0. The quantitative estimate of drug-likeness (QED) is 0.132. The van der Waals surface area contributed by atoms with E-state index in [1.807, 2.05) is 20.9 Å². The van der Waals surface area contributed by atoms with E-state index in [0.29, 0.717) is 12.2 Å². The van der Waals surface area contributed by atoms with E-state index in [2.05, 4.69) is 44.1 Å². The molecule has 2 rings (SSSR count). The van der Waals surface area contributed by atoms with Crippen LogP contribution in [0.5, 0.6) is 0 Å². The number of ketones is 1. The van der Waals surface area contributed by atoms with Crippen LogP contribution in [-0.4, -0.2) is 70.7 Å². The van der Waals surface area contributed by atoms with Crippen LogP contribution < -0.4 is 68.2 Å². The van der Waals surface area contributed by atoms with Gasteiger partial charge in [-0.15, -0.1) is 0 Å². The number of carbonyl (C=O) groups excluding carboxylic acids is 4. The van der Waals surface area contributed by atoms with Gasteiger partial charge < -0.3 is 32.0 Å². The Morgan fingerprint density at radius 2 is 1.31 bits per heavy atom. The van der Waals surface area contributed by atoms with Crippen molar-refractivity contribution in [3.05, 3.63) is 5.32 Å². The number of aldehydes is 2. The van der Waals surface area contributed by atoms with E-state index in [1.165, 1.54) is 38.5 Å². The fourth-order valence-electron chi connectivity index (χ4n) is 3.25. The molecule has 9 nitrogen and oxygen atoms in total. The predicted octanol–water partition coefficient (Wildman–Crippen LogP) is 2.70. The molecule has 2 atom stereocenters. The number of unbranched alkanes of at least 4 members (excludes halogenated alkanes) is 1. The minimum Gasteiger partial charge on any atom is -0.668 e. The fraction of sp³-hybridized carbons (Fsp3) is 0.875. The molecule has 10 heteroatoms. The number of nitrogens with zero attached hydrogens (tertiary/aromatic N) is 1. The van der Waals surface area contributed by atoms with E-state index in [1.54, 1.807) is 21.0 Å². The summed E-state index contributed by atoms with van der Waals surface area (Å²) in [5.74, 6) is 2.00. The van der Waals surface area contributed by atoms with Crippen molar-refractivity contribution in [3.8, 4) is 0 Å². The van der Waals surface area contributed by atoms with Gasteiger partial charge in [0.15, 0.2) is 12.1 Å². The van der Waals surface area contributed by atoms with Crippen LogP contribution in [0.3, 0.4) is 0 Å². The molecule has 0 aromatic heterocycles. The predicted molar refractivity (Wildman–Crippen MR) is 177 cm³/mol. The Hall–Kier alpha value is -0.0436. The largest absolute Gasteiger partial charge is 1.00 e. The maximum Gasteiger partial charge on any atom is 1.00 e. The van der Waals surface area contributed by atoms with E-state index in [-0.39, 0.29) is 75.5 Å². The van der Waals surface area contributed by atoms with Crippen LogP contribution in [0, 0.1) is 23.7 Å². The molecule has 6 N–H and O–H groups in total. The van der Waals surface area contributed by atoms with Crippen molar-refractivity contribution in [2.24, 2.45) is 35.1 Å². The number of Topliss-reactive ketones (excluding diaryl/α,β-unsaturated/α-hetero) is 1. The number of nitrogens with one attached hydrogen (secondary N) is 1. The molecule has 0 radical (unpaired) electrons. The number of amides is 1. The van der Waals surface area contributed by atoms with Gasteiger partial charge in [-0.1, -0.05) is 93.4 Å². The van der Waals surface area contributed by atoms with E-state index < -0.39 is 0 Å². The first-order valence-electron chi connectivity index (χ1n) is 15.4. The number of carbonyl (C=O) groups is 4. The number of aliphatic hydroxyl groups is 1. The van der Waals surface area contributed by atoms with Crippen LogP contribution in [0.1, 0.15) is 119 Å². The van der Waals surface area contributed by atoms with Gasteiger partial charge in [0.1, 0.15) is 6.29 Å². The molecule has 2 fully saturated rings. The summed E-state index contributed by atoms with van der Waals surface area (Å²) in [5.41, 5.74) is 9.75.